The predicted octanol–water partition coefficient (Wildman–Crippen LogP) is 2.49. The van der Waals surface area contributed by atoms with Crippen LogP contribution in [0.25, 0.3) is 10.8 Å². The summed E-state index contributed by atoms with van der Waals surface area (Å²) in [6.07, 6.45) is 0. The molecule has 0 heterocycles. The molecule has 0 bridgehead atoms. The molecule has 0 aliphatic heterocycles. The van der Waals surface area contributed by atoms with Crippen LogP contribution in [0.1, 0.15) is 0 Å². The Labute approximate surface area is 97.4 Å². The Bertz CT molecular complexity index is 542. The zero-order valence-corrected chi connectivity index (χ0v) is 9.08. The van der Waals surface area contributed by atoms with Gasteiger partial charge in [0.15, 0.2) is 0 Å². The summed E-state index contributed by atoms with van der Waals surface area (Å²) >= 11 is 6.16. The normalized spacial score (nSPS) is 10.1. The number of nitrogens with two attached hydrogens (primary N) is 1. The van der Waals surface area contributed by atoms with Crippen molar-refractivity contribution in [2.75, 3.05) is 5.32 Å². The molecule has 82 valence electrons. The average molecular weight is 236 g/mol. The predicted molar refractivity (Wildman–Crippen MR) is 65.3 cm³/mol. The van der Waals surface area contributed by atoms with E-state index < -0.39 is 6.03 Å². The molecule has 2 aromatic rings. The number of carbonyl (C=O) groups excluding carboxylic acids is 1. The lowest BCUT2D eigenvalue weighted by Crippen LogP contribution is -2.34. The molecule has 0 aromatic heterocycles. The first-order valence-electron chi connectivity index (χ1n) is 4.67. The van der Waals surface area contributed by atoms with Gasteiger partial charge in [-0.1, -0.05) is 41.9 Å². The summed E-state index contributed by atoms with van der Waals surface area (Å²) in [4.78, 5) is 11.1. The minimum absolute atomic E-state index is 0.502. The van der Waals surface area contributed by atoms with E-state index in [1.54, 1.807) is 6.07 Å². The van der Waals surface area contributed by atoms with Crippen molar-refractivity contribution in [3.8, 4) is 0 Å². The topological polar surface area (TPSA) is 67.1 Å². The molecule has 0 atom stereocenters. The second kappa shape index (κ2) is 4.38. The number of amides is 2. The van der Waals surface area contributed by atoms with E-state index in [9.17, 15) is 4.79 Å². The minimum Gasteiger partial charge on any atom is -0.305 e. The Morgan fingerprint density at radius 1 is 1.19 bits per heavy atom. The SMILES string of the molecule is NNC(=O)Nc1ccc2ccccc2c1Cl. The molecule has 5 heteroatoms. The van der Waals surface area contributed by atoms with Crippen molar-refractivity contribution in [3.05, 3.63) is 41.4 Å². The number of anilines is 1. The fourth-order valence-electron chi connectivity index (χ4n) is 1.49. The fraction of sp³-hybridized carbons (Fsp3) is 0. The van der Waals surface area contributed by atoms with E-state index in [1.807, 2.05) is 35.8 Å². The van der Waals surface area contributed by atoms with Crippen LogP contribution in [0.2, 0.25) is 5.02 Å². The highest BCUT2D eigenvalue weighted by Gasteiger charge is 2.07. The molecule has 16 heavy (non-hydrogen) atoms. The van der Waals surface area contributed by atoms with Crippen LogP contribution in [-0.2, 0) is 0 Å². The van der Waals surface area contributed by atoms with E-state index in [0.717, 1.165) is 10.8 Å². The molecule has 4 N–H and O–H groups in total. The third-order valence-electron chi connectivity index (χ3n) is 2.24. The summed E-state index contributed by atoms with van der Waals surface area (Å²) in [5.41, 5.74) is 2.51. The van der Waals surface area contributed by atoms with Crippen LogP contribution < -0.4 is 16.6 Å². The highest BCUT2D eigenvalue weighted by molar-refractivity contribution is 6.38. The summed E-state index contributed by atoms with van der Waals surface area (Å²) in [7, 11) is 0. The first-order valence-corrected chi connectivity index (χ1v) is 5.05. The van der Waals surface area contributed by atoms with E-state index >= 15 is 0 Å². The molecule has 0 radical (unpaired) electrons. The number of rotatable bonds is 1. The van der Waals surface area contributed by atoms with Gasteiger partial charge in [-0.25, -0.2) is 10.6 Å². The van der Waals surface area contributed by atoms with Crippen molar-refractivity contribution in [3.63, 3.8) is 0 Å². The molecule has 0 unspecified atom stereocenters. The quantitative estimate of drug-likeness (QED) is 0.404. The molecule has 0 aliphatic carbocycles. The second-order valence-electron chi connectivity index (χ2n) is 3.25. The maximum Gasteiger partial charge on any atom is 0.333 e. The summed E-state index contributed by atoms with van der Waals surface area (Å²) in [5, 5.41) is 4.95. The number of halogens is 1. The summed E-state index contributed by atoms with van der Waals surface area (Å²) < 4.78 is 0. The molecule has 2 amide bonds. The molecule has 0 aliphatic rings. The van der Waals surface area contributed by atoms with Crippen LogP contribution in [-0.4, -0.2) is 6.03 Å². The van der Waals surface area contributed by atoms with Crippen LogP contribution >= 0.6 is 11.6 Å². The number of nitrogens with one attached hydrogen (secondary N) is 2. The van der Waals surface area contributed by atoms with Gasteiger partial charge >= 0.3 is 6.03 Å². The highest BCUT2D eigenvalue weighted by atomic mass is 35.5. The van der Waals surface area contributed by atoms with Crippen molar-refractivity contribution in [2.24, 2.45) is 5.84 Å². The van der Waals surface area contributed by atoms with Gasteiger partial charge in [0.1, 0.15) is 0 Å². The van der Waals surface area contributed by atoms with E-state index in [2.05, 4.69) is 5.32 Å². The van der Waals surface area contributed by atoms with Crippen molar-refractivity contribution in [1.82, 2.24) is 5.43 Å². The van der Waals surface area contributed by atoms with E-state index in [4.69, 9.17) is 17.4 Å². The molecular formula is C11H10ClN3O. The minimum atomic E-state index is -0.503. The summed E-state index contributed by atoms with van der Waals surface area (Å²) in [5.74, 6) is 4.98. The van der Waals surface area contributed by atoms with Gasteiger partial charge in [0.25, 0.3) is 0 Å². The first kappa shape index (κ1) is 10.7. The van der Waals surface area contributed by atoms with Crippen LogP contribution in [0.4, 0.5) is 10.5 Å². The van der Waals surface area contributed by atoms with Gasteiger partial charge in [-0.2, -0.15) is 0 Å². The highest BCUT2D eigenvalue weighted by Crippen LogP contribution is 2.30. The van der Waals surface area contributed by atoms with Crippen LogP contribution in [0.3, 0.4) is 0 Å². The number of urea groups is 1. The number of benzene rings is 2. The zero-order chi connectivity index (χ0) is 11.5. The molecule has 0 fully saturated rings. The molecular weight excluding hydrogens is 226 g/mol. The molecule has 0 saturated heterocycles. The van der Waals surface area contributed by atoms with Gasteiger partial charge in [-0.3, -0.25) is 5.43 Å². The summed E-state index contributed by atoms with van der Waals surface area (Å²) in [6.45, 7) is 0. The van der Waals surface area contributed by atoms with Gasteiger partial charge < -0.3 is 5.32 Å². The van der Waals surface area contributed by atoms with Crippen LogP contribution in [0, 0.1) is 0 Å². The van der Waals surface area contributed by atoms with Gasteiger partial charge in [0.05, 0.1) is 10.7 Å². The standard InChI is InChI=1S/C11H10ClN3O/c12-10-8-4-2-1-3-7(8)5-6-9(10)14-11(16)15-13/h1-6H,13H2,(H2,14,15,16). The number of carbonyl (C=O) groups is 1. The second-order valence-corrected chi connectivity index (χ2v) is 3.62. The average Bonchev–Trinajstić information content (AvgIpc) is 2.33. The number of hydrogen-bond donors (Lipinski definition) is 3. The van der Waals surface area contributed by atoms with Crippen molar-refractivity contribution in [2.45, 2.75) is 0 Å². The first-order chi connectivity index (χ1) is 7.72. The smallest absolute Gasteiger partial charge is 0.305 e. The Morgan fingerprint density at radius 3 is 2.69 bits per heavy atom. The maximum absolute atomic E-state index is 11.1. The Hall–Kier alpha value is -1.78. The molecule has 0 spiro atoms. The molecule has 2 aromatic carbocycles. The van der Waals surface area contributed by atoms with Gasteiger partial charge in [0.2, 0.25) is 0 Å². The van der Waals surface area contributed by atoms with E-state index in [0.29, 0.717) is 10.7 Å². The third kappa shape index (κ3) is 1.93. The Balaban J connectivity index is 2.48. The molecule has 4 nitrogen and oxygen atoms in total. The lowest BCUT2D eigenvalue weighted by molar-refractivity contribution is 0.252. The monoisotopic (exact) mass is 235 g/mol. The van der Waals surface area contributed by atoms with Crippen LogP contribution in [0.5, 0.6) is 0 Å². The van der Waals surface area contributed by atoms with Crippen molar-refractivity contribution in [1.29, 1.82) is 0 Å². The fourth-order valence-corrected chi connectivity index (χ4v) is 1.77. The molecule has 2 rings (SSSR count). The maximum atomic E-state index is 11.1. The van der Waals surface area contributed by atoms with Gasteiger partial charge in [-0.15, -0.1) is 0 Å². The third-order valence-corrected chi connectivity index (χ3v) is 2.65. The van der Waals surface area contributed by atoms with Gasteiger partial charge in [0, 0.05) is 5.39 Å². The van der Waals surface area contributed by atoms with E-state index in [1.165, 1.54) is 0 Å². The van der Waals surface area contributed by atoms with E-state index in [-0.39, 0.29) is 0 Å². The number of fused-ring (bicyclic) bond motifs is 1. The van der Waals surface area contributed by atoms with Crippen LogP contribution in [0.15, 0.2) is 36.4 Å². The summed E-state index contributed by atoms with van der Waals surface area (Å²) in [6, 6.07) is 10.8. The van der Waals surface area contributed by atoms with Crippen molar-refractivity contribution < 1.29 is 4.79 Å². The Morgan fingerprint density at radius 2 is 1.94 bits per heavy atom. The zero-order valence-electron chi connectivity index (χ0n) is 8.33. The Kier molecular flexibility index (Phi) is 2.94. The van der Waals surface area contributed by atoms with Crippen molar-refractivity contribution >= 4 is 34.1 Å². The number of hydrazine groups is 1. The molecule has 0 saturated carbocycles. The lowest BCUT2D eigenvalue weighted by Gasteiger charge is -2.08. The largest absolute Gasteiger partial charge is 0.333 e. The number of hydrogen-bond acceptors (Lipinski definition) is 2. The lowest BCUT2D eigenvalue weighted by atomic mass is 10.1. The van der Waals surface area contributed by atoms with Gasteiger partial charge in [-0.05, 0) is 11.5 Å².